The summed E-state index contributed by atoms with van der Waals surface area (Å²) in [6, 6.07) is 28.4. The van der Waals surface area contributed by atoms with Gasteiger partial charge in [-0.1, -0.05) is 78.4 Å². The number of rotatable bonds is 13. The van der Waals surface area contributed by atoms with Crippen LogP contribution in [0.15, 0.2) is 114 Å². The third-order valence-corrected chi connectivity index (χ3v) is 8.80. The normalized spacial score (nSPS) is 11.8. The molecule has 0 aliphatic rings. The van der Waals surface area contributed by atoms with E-state index in [-0.39, 0.29) is 35.1 Å². The topological polar surface area (TPSA) is 130 Å². The van der Waals surface area contributed by atoms with Gasteiger partial charge in [0.15, 0.2) is 0 Å². The van der Waals surface area contributed by atoms with Crippen LogP contribution in [0.25, 0.3) is 0 Å². The molecule has 0 saturated carbocycles. The summed E-state index contributed by atoms with van der Waals surface area (Å²) < 4.78 is 28.8. The standard InChI is InChI=1S/C33H34N4O6S/c1-3-34-33(39)31(22-26-12-6-4-7-13-26)35(23-27-14-10-11-25(2)21-27)32(38)24-36(28-17-19-29(20-18-28)37(40)41)44(42,43)30-15-8-5-9-16-30/h4-21,31H,3,22-24H2,1-2H3,(H,34,39)/t31-/m0/s1. The van der Waals surface area contributed by atoms with Crippen LogP contribution in [0.4, 0.5) is 11.4 Å². The van der Waals surface area contributed by atoms with Crippen LogP contribution in [-0.2, 0) is 32.6 Å². The van der Waals surface area contributed by atoms with Gasteiger partial charge in [0.1, 0.15) is 12.6 Å². The predicted molar refractivity (Wildman–Crippen MR) is 168 cm³/mol. The highest BCUT2D eigenvalue weighted by Crippen LogP contribution is 2.27. The first kappa shape index (κ1) is 31.9. The number of hydrogen-bond acceptors (Lipinski definition) is 6. The van der Waals surface area contributed by atoms with Crippen molar-refractivity contribution in [2.24, 2.45) is 0 Å². The molecule has 10 nitrogen and oxygen atoms in total. The van der Waals surface area contributed by atoms with E-state index in [1.807, 2.05) is 61.5 Å². The average molecular weight is 615 g/mol. The average Bonchev–Trinajstić information content (AvgIpc) is 3.02. The Labute approximate surface area is 257 Å². The second-order valence-corrected chi connectivity index (χ2v) is 12.1. The molecule has 0 aliphatic heterocycles. The predicted octanol–water partition coefficient (Wildman–Crippen LogP) is 4.87. The van der Waals surface area contributed by atoms with Crippen LogP contribution >= 0.6 is 0 Å². The van der Waals surface area contributed by atoms with Gasteiger partial charge in [0.05, 0.1) is 15.5 Å². The van der Waals surface area contributed by atoms with E-state index in [1.165, 1.54) is 41.3 Å². The number of nitro groups is 1. The summed E-state index contributed by atoms with van der Waals surface area (Å²) in [7, 11) is -4.30. The maximum Gasteiger partial charge on any atom is 0.269 e. The fourth-order valence-corrected chi connectivity index (χ4v) is 6.28. The lowest BCUT2D eigenvalue weighted by molar-refractivity contribution is -0.384. The van der Waals surface area contributed by atoms with E-state index in [2.05, 4.69) is 5.32 Å². The largest absolute Gasteiger partial charge is 0.355 e. The van der Waals surface area contributed by atoms with Crippen molar-refractivity contribution in [3.63, 3.8) is 0 Å². The SMILES string of the molecule is CCNC(=O)[C@H](Cc1ccccc1)N(Cc1cccc(C)c1)C(=O)CN(c1ccc([N+](=O)[O-])cc1)S(=O)(=O)c1ccccc1. The molecule has 0 bridgehead atoms. The van der Waals surface area contributed by atoms with Crippen LogP contribution in [0.3, 0.4) is 0 Å². The lowest BCUT2D eigenvalue weighted by atomic mass is 10.0. The molecule has 0 saturated heterocycles. The van der Waals surface area contributed by atoms with E-state index in [9.17, 15) is 28.1 Å². The number of nitrogens with zero attached hydrogens (tertiary/aromatic N) is 3. The van der Waals surface area contributed by atoms with Gasteiger partial charge in [-0.3, -0.25) is 24.0 Å². The third kappa shape index (κ3) is 7.87. The first-order chi connectivity index (χ1) is 21.1. The molecular weight excluding hydrogens is 580 g/mol. The minimum absolute atomic E-state index is 0.0502. The fourth-order valence-electron chi connectivity index (χ4n) is 4.84. The van der Waals surface area contributed by atoms with E-state index < -0.39 is 33.4 Å². The number of aryl methyl sites for hydroxylation is 1. The van der Waals surface area contributed by atoms with Crippen molar-refractivity contribution < 1.29 is 22.9 Å². The molecule has 44 heavy (non-hydrogen) atoms. The maximum atomic E-state index is 14.3. The number of likely N-dealkylation sites (N-methyl/N-ethyl adjacent to an activating group) is 1. The van der Waals surface area contributed by atoms with Crippen LogP contribution in [0, 0.1) is 17.0 Å². The Morgan fingerprint density at radius 2 is 1.48 bits per heavy atom. The van der Waals surface area contributed by atoms with Crippen LogP contribution in [0.1, 0.15) is 23.6 Å². The Balaban J connectivity index is 1.80. The number of hydrogen-bond donors (Lipinski definition) is 1. The van der Waals surface area contributed by atoms with Gasteiger partial charge in [0.2, 0.25) is 11.8 Å². The number of sulfonamides is 1. The molecular formula is C33H34N4O6S. The van der Waals surface area contributed by atoms with Gasteiger partial charge in [-0.05, 0) is 49.2 Å². The summed E-state index contributed by atoms with van der Waals surface area (Å²) in [5.74, 6) is -0.985. The van der Waals surface area contributed by atoms with Crippen molar-refractivity contribution in [2.45, 2.75) is 37.8 Å². The van der Waals surface area contributed by atoms with Crippen molar-refractivity contribution in [3.8, 4) is 0 Å². The molecule has 2 amide bonds. The number of carbonyl (C=O) groups excluding carboxylic acids is 2. The Kier molecular flexibility index (Phi) is 10.5. The molecule has 0 unspecified atom stereocenters. The van der Waals surface area contributed by atoms with Crippen molar-refractivity contribution in [3.05, 3.63) is 136 Å². The third-order valence-electron chi connectivity index (χ3n) is 7.02. The van der Waals surface area contributed by atoms with Crippen LogP contribution in [0.2, 0.25) is 0 Å². The molecule has 0 radical (unpaired) electrons. The lowest BCUT2D eigenvalue weighted by Crippen LogP contribution is -2.53. The maximum absolute atomic E-state index is 14.3. The zero-order chi connectivity index (χ0) is 31.7. The molecule has 0 heterocycles. The molecule has 4 rings (SSSR count). The van der Waals surface area contributed by atoms with Gasteiger partial charge < -0.3 is 10.2 Å². The number of non-ortho nitro benzene ring substituents is 1. The minimum atomic E-state index is -4.30. The van der Waals surface area contributed by atoms with E-state index >= 15 is 0 Å². The number of carbonyl (C=O) groups is 2. The summed E-state index contributed by atoms with van der Waals surface area (Å²) in [4.78, 5) is 39.9. The van der Waals surface area contributed by atoms with E-state index in [0.717, 1.165) is 21.0 Å². The smallest absolute Gasteiger partial charge is 0.269 e. The van der Waals surface area contributed by atoms with Crippen LogP contribution < -0.4 is 9.62 Å². The van der Waals surface area contributed by atoms with Crippen LogP contribution in [-0.4, -0.2) is 49.2 Å². The van der Waals surface area contributed by atoms with Crippen molar-refractivity contribution in [2.75, 3.05) is 17.4 Å². The minimum Gasteiger partial charge on any atom is -0.355 e. The fraction of sp³-hybridized carbons (Fsp3) is 0.212. The van der Waals surface area contributed by atoms with Gasteiger partial charge in [-0.2, -0.15) is 0 Å². The Bertz CT molecular complexity index is 1700. The molecule has 11 heteroatoms. The van der Waals surface area contributed by atoms with Gasteiger partial charge in [-0.15, -0.1) is 0 Å². The monoisotopic (exact) mass is 614 g/mol. The summed E-state index contributed by atoms with van der Waals surface area (Å²) in [6.45, 7) is 3.45. The molecule has 228 valence electrons. The zero-order valence-electron chi connectivity index (χ0n) is 24.5. The molecule has 0 fully saturated rings. The molecule has 1 atom stereocenters. The van der Waals surface area contributed by atoms with Gasteiger partial charge in [0, 0.05) is 31.6 Å². The number of nitrogens with one attached hydrogen (secondary N) is 1. The Morgan fingerprint density at radius 1 is 0.864 bits per heavy atom. The summed E-state index contributed by atoms with van der Waals surface area (Å²) in [6.07, 6.45) is 0.202. The molecule has 0 aromatic heterocycles. The number of benzene rings is 4. The molecule has 0 spiro atoms. The lowest BCUT2D eigenvalue weighted by Gasteiger charge is -2.34. The Hall–Kier alpha value is -5.03. The van der Waals surface area contributed by atoms with E-state index in [1.54, 1.807) is 25.1 Å². The second-order valence-electron chi connectivity index (χ2n) is 10.2. The highest BCUT2D eigenvalue weighted by molar-refractivity contribution is 7.92. The number of nitro benzene ring substituents is 1. The number of anilines is 1. The zero-order valence-corrected chi connectivity index (χ0v) is 25.3. The molecule has 4 aromatic carbocycles. The van der Waals surface area contributed by atoms with E-state index in [4.69, 9.17) is 0 Å². The first-order valence-electron chi connectivity index (χ1n) is 14.1. The molecule has 4 aromatic rings. The summed E-state index contributed by atoms with van der Waals surface area (Å²) in [5.41, 5.74) is 2.41. The van der Waals surface area contributed by atoms with Gasteiger partial charge >= 0.3 is 0 Å². The quantitative estimate of drug-likeness (QED) is 0.169. The van der Waals surface area contributed by atoms with Gasteiger partial charge in [0.25, 0.3) is 15.7 Å². The van der Waals surface area contributed by atoms with Crippen molar-refractivity contribution in [1.82, 2.24) is 10.2 Å². The van der Waals surface area contributed by atoms with Gasteiger partial charge in [-0.25, -0.2) is 8.42 Å². The molecule has 1 N–H and O–H groups in total. The molecule has 0 aliphatic carbocycles. The van der Waals surface area contributed by atoms with Crippen molar-refractivity contribution >= 4 is 33.2 Å². The van der Waals surface area contributed by atoms with E-state index in [0.29, 0.717) is 6.54 Å². The second kappa shape index (κ2) is 14.4. The summed E-state index contributed by atoms with van der Waals surface area (Å²) >= 11 is 0. The highest BCUT2D eigenvalue weighted by atomic mass is 32.2. The Morgan fingerprint density at radius 3 is 2.07 bits per heavy atom. The highest BCUT2D eigenvalue weighted by Gasteiger charge is 2.34. The van der Waals surface area contributed by atoms with Crippen molar-refractivity contribution in [1.29, 1.82) is 0 Å². The van der Waals surface area contributed by atoms with Crippen LogP contribution in [0.5, 0.6) is 0 Å². The first-order valence-corrected chi connectivity index (χ1v) is 15.5. The number of amides is 2. The summed E-state index contributed by atoms with van der Waals surface area (Å²) in [5, 5.41) is 14.1.